The van der Waals surface area contributed by atoms with Crippen LogP contribution in [-0.2, 0) is 19.6 Å². The summed E-state index contributed by atoms with van der Waals surface area (Å²) in [7, 11) is -2.81. The van der Waals surface area contributed by atoms with Crippen molar-refractivity contribution in [2.24, 2.45) is 0 Å². The molecular formula is C13H14BrNO6S. The van der Waals surface area contributed by atoms with Crippen molar-refractivity contribution in [1.82, 2.24) is 4.31 Å². The molecule has 0 unspecified atom stereocenters. The second-order valence-electron chi connectivity index (χ2n) is 4.78. The minimum atomic E-state index is -4.00. The summed E-state index contributed by atoms with van der Waals surface area (Å²) in [6.07, 6.45) is 0.750. The van der Waals surface area contributed by atoms with E-state index in [1.54, 1.807) is 0 Å². The molecule has 0 radical (unpaired) electrons. The van der Waals surface area contributed by atoms with Gasteiger partial charge in [-0.15, -0.1) is 0 Å². The summed E-state index contributed by atoms with van der Waals surface area (Å²) in [5.74, 6) is -1.85. The summed E-state index contributed by atoms with van der Waals surface area (Å²) >= 11 is 3.15. The molecule has 1 N–H and O–H groups in total. The highest BCUT2D eigenvalue weighted by molar-refractivity contribution is 9.10. The molecular weight excluding hydrogens is 378 g/mol. The van der Waals surface area contributed by atoms with Gasteiger partial charge in [0.05, 0.1) is 17.6 Å². The van der Waals surface area contributed by atoms with Crippen molar-refractivity contribution in [1.29, 1.82) is 0 Å². The number of esters is 1. The first-order chi connectivity index (χ1) is 10.3. The number of benzene rings is 1. The number of nitrogens with zero attached hydrogens (tertiary/aromatic N) is 1. The van der Waals surface area contributed by atoms with E-state index in [-0.39, 0.29) is 23.4 Å². The molecule has 0 amide bonds. The SMILES string of the molecule is COC(=O)c1cc(Br)cc(S(=O)(=O)N2CCC[C@@H]2C(=O)O)c1. The topological polar surface area (TPSA) is 101 Å². The van der Waals surface area contributed by atoms with Crippen LogP contribution in [0.25, 0.3) is 0 Å². The molecule has 120 valence electrons. The van der Waals surface area contributed by atoms with Crippen LogP contribution in [0.1, 0.15) is 23.2 Å². The fourth-order valence-corrected chi connectivity index (χ4v) is 4.72. The number of carbonyl (C=O) groups is 2. The van der Waals surface area contributed by atoms with Crippen LogP contribution in [0.15, 0.2) is 27.6 Å². The summed E-state index contributed by atoms with van der Waals surface area (Å²) in [4.78, 5) is 22.6. The van der Waals surface area contributed by atoms with Gasteiger partial charge in [0.15, 0.2) is 0 Å². The number of hydrogen-bond donors (Lipinski definition) is 1. The van der Waals surface area contributed by atoms with E-state index in [9.17, 15) is 18.0 Å². The molecule has 7 nitrogen and oxygen atoms in total. The van der Waals surface area contributed by atoms with E-state index in [1.165, 1.54) is 25.3 Å². The van der Waals surface area contributed by atoms with Crippen molar-refractivity contribution in [3.05, 3.63) is 28.2 Å². The first kappa shape index (κ1) is 16.9. The molecule has 1 atom stereocenters. The van der Waals surface area contributed by atoms with Crippen LogP contribution in [0.2, 0.25) is 0 Å². The molecule has 1 aromatic rings. The molecule has 0 aromatic heterocycles. The monoisotopic (exact) mass is 391 g/mol. The van der Waals surface area contributed by atoms with Crippen molar-refractivity contribution in [3.63, 3.8) is 0 Å². The van der Waals surface area contributed by atoms with Gasteiger partial charge in [-0.05, 0) is 31.0 Å². The number of sulfonamides is 1. The number of carboxylic acid groups (broad SMARTS) is 1. The van der Waals surface area contributed by atoms with Gasteiger partial charge in [0.2, 0.25) is 10.0 Å². The molecule has 0 spiro atoms. The van der Waals surface area contributed by atoms with Gasteiger partial charge < -0.3 is 9.84 Å². The zero-order valence-corrected chi connectivity index (χ0v) is 14.1. The largest absolute Gasteiger partial charge is 0.480 e. The van der Waals surface area contributed by atoms with E-state index >= 15 is 0 Å². The van der Waals surface area contributed by atoms with Crippen LogP contribution >= 0.6 is 15.9 Å². The maximum Gasteiger partial charge on any atom is 0.337 e. The molecule has 1 aliphatic rings. The molecule has 1 saturated heterocycles. The third-order valence-electron chi connectivity index (χ3n) is 3.39. The lowest BCUT2D eigenvalue weighted by Gasteiger charge is -2.21. The third-order valence-corrected chi connectivity index (χ3v) is 5.73. The Morgan fingerprint density at radius 2 is 2.05 bits per heavy atom. The molecule has 22 heavy (non-hydrogen) atoms. The standard InChI is InChI=1S/C13H14BrNO6S/c1-21-13(18)8-5-9(14)7-10(6-8)22(19,20)15-4-2-3-11(15)12(16)17/h5-7,11H,2-4H2,1H3,(H,16,17)/t11-/m1/s1. The summed E-state index contributed by atoms with van der Waals surface area (Å²) < 4.78 is 31.2. The van der Waals surface area contributed by atoms with Gasteiger partial charge in [-0.3, -0.25) is 4.79 Å². The smallest absolute Gasteiger partial charge is 0.337 e. The van der Waals surface area contributed by atoms with Crippen molar-refractivity contribution < 1.29 is 27.9 Å². The van der Waals surface area contributed by atoms with Crippen LogP contribution in [0.4, 0.5) is 0 Å². The Morgan fingerprint density at radius 1 is 1.36 bits per heavy atom. The molecule has 0 bridgehead atoms. The van der Waals surface area contributed by atoms with Crippen LogP contribution in [-0.4, -0.2) is 49.5 Å². The Labute approximate surface area is 136 Å². The molecule has 1 fully saturated rings. The van der Waals surface area contributed by atoms with Crippen LogP contribution in [0.3, 0.4) is 0 Å². The molecule has 9 heteroatoms. The summed E-state index contributed by atoms with van der Waals surface area (Å²) in [5, 5.41) is 9.14. The highest BCUT2D eigenvalue weighted by Gasteiger charge is 2.39. The number of hydrogen-bond acceptors (Lipinski definition) is 5. The van der Waals surface area contributed by atoms with Gasteiger partial charge in [-0.25, -0.2) is 13.2 Å². The Hall–Kier alpha value is -1.45. The molecule has 0 saturated carbocycles. The normalized spacial score (nSPS) is 19.1. The minimum Gasteiger partial charge on any atom is -0.480 e. The predicted molar refractivity (Wildman–Crippen MR) is 80.0 cm³/mol. The molecule has 0 aliphatic carbocycles. The van der Waals surface area contributed by atoms with Crippen LogP contribution in [0, 0.1) is 0 Å². The maximum atomic E-state index is 12.7. The number of carbonyl (C=O) groups excluding carboxylic acids is 1. The molecule has 2 rings (SSSR count). The number of rotatable bonds is 4. The average Bonchev–Trinajstić information content (AvgIpc) is 2.96. The van der Waals surface area contributed by atoms with Gasteiger partial charge in [0.1, 0.15) is 6.04 Å². The predicted octanol–water partition coefficient (Wildman–Crippen LogP) is 1.47. The Kier molecular flexibility index (Phi) is 4.88. The average molecular weight is 392 g/mol. The lowest BCUT2D eigenvalue weighted by molar-refractivity contribution is -0.140. The van der Waals surface area contributed by atoms with Crippen molar-refractivity contribution in [2.45, 2.75) is 23.8 Å². The molecule has 1 aromatic carbocycles. The number of halogens is 1. The number of carboxylic acids is 1. The first-order valence-corrected chi connectivity index (χ1v) is 8.64. The van der Waals surface area contributed by atoms with Crippen LogP contribution in [0.5, 0.6) is 0 Å². The van der Waals surface area contributed by atoms with Gasteiger partial charge >= 0.3 is 11.9 Å². The van der Waals surface area contributed by atoms with Gasteiger partial charge in [-0.1, -0.05) is 15.9 Å². The van der Waals surface area contributed by atoms with E-state index in [4.69, 9.17) is 5.11 Å². The fraction of sp³-hybridized carbons (Fsp3) is 0.385. The lowest BCUT2D eigenvalue weighted by Crippen LogP contribution is -2.40. The second-order valence-corrected chi connectivity index (χ2v) is 7.59. The zero-order chi connectivity index (χ0) is 16.5. The first-order valence-electron chi connectivity index (χ1n) is 6.41. The van der Waals surface area contributed by atoms with Crippen LogP contribution < -0.4 is 0 Å². The second kappa shape index (κ2) is 6.35. The highest BCUT2D eigenvalue weighted by Crippen LogP contribution is 2.28. The highest BCUT2D eigenvalue weighted by atomic mass is 79.9. The minimum absolute atomic E-state index is 0.0709. The number of aliphatic carboxylic acids is 1. The Balaban J connectivity index is 2.48. The van der Waals surface area contributed by atoms with E-state index < -0.39 is 28.0 Å². The van der Waals surface area contributed by atoms with Crippen molar-refractivity contribution in [3.8, 4) is 0 Å². The number of methoxy groups -OCH3 is 1. The Bertz CT molecular complexity index is 717. The van der Waals surface area contributed by atoms with E-state index in [0.29, 0.717) is 10.9 Å². The quantitative estimate of drug-likeness (QED) is 0.779. The number of ether oxygens (including phenoxy) is 1. The van der Waals surface area contributed by atoms with E-state index in [0.717, 1.165) is 4.31 Å². The fourth-order valence-electron chi connectivity index (χ4n) is 2.36. The van der Waals surface area contributed by atoms with Crippen molar-refractivity contribution in [2.75, 3.05) is 13.7 Å². The van der Waals surface area contributed by atoms with Crippen molar-refractivity contribution >= 4 is 37.9 Å². The summed E-state index contributed by atoms with van der Waals surface area (Å²) in [6, 6.07) is 2.87. The van der Waals surface area contributed by atoms with E-state index in [2.05, 4.69) is 20.7 Å². The molecule has 1 heterocycles. The Morgan fingerprint density at radius 3 is 2.64 bits per heavy atom. The summed E-state index contributed by atoms with van der Waals surface area (Å²) in [6.45, 7) is 0.138. The lowest BCUT2D eigenvalue weighted by atomic mass is 10.2. The van der Waals surface area contributed by atoms with Gasteiger partial charge in [0, 0.05) is 11.0 Å². The third kappa shape index (κ3) is 3.16. The summed E-state index contributed by atoms with van der Waals surface area (Å²) in [5.41, 5.74) is 0.0709. The van der Waals surface area contributed by atoms with Gasteiger partial charge in [-0.2, -0.15) is 4.31 Å². The molecule has 1 aliphatic heterocycles. The maximum absolute atomic E-state index is 12.7. The zero-order valence-electron chi connectivity index (χ0n) is 11.7. The van der Waals surface area contributed by atoms with E-state index in [1.807, 2.05) is 0 Å². The van der Waals surface area contributed by atoms with Gasteiger partial charge in [0.25, 0.3) is 0 Å².